The Balaban J connectivity index is 2.54. The molecule has 0 bridgehead atoms. The zero-order valence-corrected chi connectivity index (χ0v) is 12.7. The van der Waals surface area contributed by atoms with Crippen LogP contribution in [0.15, 0.2) is 21.5 Å². The van der Waals surface area contributed by atoms with Crippen LogP contribution in [0.4, 0.5) is 0 Å². The van der Waals surface area contributed by atoms with Gasteiger partial charge in [-0.15, -0.1) is 0 Å². The van der Waals surface area contributed by atoms with Gasteiger partial charge in [0.25, 0.3) is 5.56 Å². The van der Waals surface area contributed by atoms with Crippen LogP contribution in [0.3, 0.4) is 0 Å². The molecule has 2 rings (SSSR count). The molecule has 0 aliphatic carbocycles. The van der Waals surface area contributed by atoms with Crippen LogP contribution >= 0.6 is 22.6 Å². The molecular formula is C13H15IN2O2. The summed E-state index contributed by atoms with van der Waals surface area (Å²) in [4.78, 5) is 19.3. The number of aromatic amines is 1. The maximum Gasteiger partial charge on any atom is 0.264 e. The van der Waals surface area contributed by atoms with Gasteiger partial charge in [-0.2, -0.15) is 0 Å². The van der Waals surface area contributed by atoms with Crippen LogP contribution in [0, 0.1) is 16.4 Å². The highest BCUT2D eigenvalue weighted by molar-refractivity contribution is 14.1. The molecule has 4 nitrogen and oxygen atoms in total. The summed E-state index contributed by atoms with van der Waals surface area (Å²) >= 11 is 2.05. The van der Waals surface area contributed by atoms with Crippen LogP contribution in [0.25, 0.3) is 11.4 Å². The molecule has 0 aliphatic heterocycles. The highest BCUT2D eigenvalue weighted by Gasteiger charge is 2.13. The Kier molecular flexibility index (Phi) is 3.89. The van der Waals surface area contributed by atoms with Gasteiger partial charge in [0.1, 0.15) is 11.6 Å². The lowest BCUT2D eigenvalue weighted by Crippen LogP contribution is -2.17. The van der Waals surface area contributed by atoms with Gasteiger partial charge in [-0.25, -0.2) is 4.98 Å². The second kappa shape index (κ2) is 5.26. The summed E-state index contributed by atoms with van der Waals surface area (Å²) in [6.07, 6.45) is 2.40. The number of halogens is 1. The Morgan fingerprint density at radius 2 is 2.22 bits per heavy atom. The van der Waals surface area contributed by atoms with E-state index in [9.17, 15) is 4.79 Å². The smallest absolute Gasteiger partial charge is 0.264 e. The number of aryl methyl sites for hydroxylation is 1. The van der Waals surface area contributed by atoms with Crippen molar-refractivity contribution in [2.75, 3.05) is 0 Å². The van der Waals surface area contributed by atoms with Gasteiger partial charge in [-0.3, -0.25) is 4.79 Å². The van der Waals surface area contributed by atoms with E-state index in [-0.39, 0.29) is 5.56 Å². The van der Waals surface area contributed by atoms with Crippen LogP contribution in [-0.4, -0.2) is 9.97 Å². The Bertz CT molecular complexity index is 614. The third-order valence-electron chi connectivity index (χ3n) is 2.65. The normalized spacial score (nSPS) is 11.2. The van der Waals surface area contributed by atoms with Gasteiger partial charge in [0, 0.05) is 0 Å². The summed E-state index contributed by atoms with van der Waals surface area (Å²) in [6.45, 7) is 6.08. The van der Waals surface area contributed by atoms with E-state index in [1.54, 1.807) is 6.26 Å². The number of nitrogens with zero attached hydrogens (tertiary/aromatic N) is 1. The average Bonchev–Trinajstić information content (AvgIpc) is 2.70. The zero-order valence-electron chi connectivity index (χ0n) is 10.6. The molecule has 0 aromatic carbocycles. The van der Waals surface area contributed by atoms with Crippen LogP contribution < -0.4 is 5.56 Å². The monoisotopic (exact) mass is 358 g/mol. The van der Waals surface area contributed by atoms with E-state index < -0.39 is 0 Å². The molecule has 0 saturated heterocycles. The average molecular weight is 358 g/mol. The molecule has 0 radical (unpaired) electrons. The molecule has 2 aromatic heterocycles. The number of hydrogen-bond donors (Lipinski definition) is 1. The van der Waals surface area contributed by atoms with Crippen molar-refractivity contribution < 1.29 is 4.42 Å². The van der Waals surface area contributed by atoms with Gasteiger partial charge in [-0.05, 0) is 47.9 Å². The highest BCUT2D eigenvalue weighted by atomic mass is 127. The summed E-state index contributed by atoms with van der Waals surface area (Å²) in [5.74, 6) is 1.81. The molecule has 0 spiro atoms. The number of nitrogens with one attached hydrogen (secondary N) is 1. The molecular weight excluding hydrogens is 343 g/mol. The van der Waals surface area contributed by atoms with Crippen molar-refractivity contribution in [3.8, 4) is 11.4 Å². The molecule has 0 saturated carbocycles. The second-order valence-electron chi connectivity index (χ2n) is 4.66. The van der Waals surface area contributed by atoms with Gasteiger partial charge in [0.05, 0.1) is 21.1 Å². The fourth-order valence-electron chi connectivity index (χ4n) is 1.79. The first-order valence-corrected chi connectivity index (χ1v) is 6.90. The predicted octanol–water partition coefficient (Wildman–Crippen LogP) is 3.14. The lowest BCUT2D eigenvalue weighted by atomic mass is 10.1. The van der Waals surface area contributed by atoms with Crippen molar-refractivity contribution in [1.82, 2.24) is 9.97 Å². The lowest BCUT2D eigenvalue weighted by molar-refractivity contribution is 0.535. The molecule has 0 amide bonds. The van der Waals surface area contributed by atoms with Gasteiger partial charge in [-0.1, -0.05) is 13.8 Å². The van der Waals surface area contributed by atoms with Crippen molar-refractivity contribution in [1.29, 1.82) is 0 Å². The van der Waals surface area contributed by atoms with Crippen LogP contribution in [0.1, 0.15) is 25.3 Å². The van der Waals surface area contributed by atoms with Crippen LogP contribution in [0.5, 0.6) is 0 Å². The molecule has 2 aromatic rings. The maximum atomic E-state index is 11.9. The molecule has 5 heteroatoms. The molecule has 0 atom stereocenters. The van der Waals surface area contributed by atoms with Crippen molar-refractivity contribution in [2.45, 2.75) is 27.2 Å². The highest BCUT2D eigenvalue weighted by Crippen LogP contribution is 2.21. The minimum Gasteiger partial charge on any atom is -0.469 e. The molecule has 0 fully saturated rings. The summed E-state index contributed by atoms with van der Waals surface area (Å²) < 4.78 is 5.92. The van der Waals surface area contributed by atoms with Gasteiger partial charge in [0.15, 0.2) is 0 Å². The second-order valence-corrected chi connectivity index (χ2v) is 5.74. The van der Waals surface area contributed by atoms with Gasteiger partial charge in [0.2, 0.25) is 0 Å². The summed E-state index contributed by atoms with van der Waals surface area (Å²) in [6, 6.07) is 1.82. The standard InChI is InChI=1S/C13H15IN2O2/c1-7(2)6-10-11(14)13(17)16-12(15-10)9-4-5-18-8(9)3/h4-5,7H,6H2,1-3H3,(H,15,16,17). The van der Waals surface area contributed by atoms with Gasteiger partial charge >= 0.3 is 0 Å². The van der Waals surface area contributed by atoms with Crippen molar-refractivity contribution in [2.24, 2.45) is 5.92 Å². The quantitative estimate of drug-likeness (QED) is 0.858. The Morgan fingerprint density at radius 3 is 2.78 bits per heavy atom. The van der Waals surface area contributed by atoms with E-state index >= 15 is 0 Å². The Labute approximate surface area is 119 Å². The maximum absolute atomic E-state index is 11.9. The van der Waals surface area contributed by atoms with E-state index in [1.165, 1.54) is 0 Å². The zero-order chi connectivity index (χ0) is 13.3. The third-order valence-corrected chi connectivity index (χ3v) is 3.76. The van der Waals surface area contributed by atoms with Crippen molar-refractivity contribution in [3.05, 3.63) is 37.7 Å². The van der Waals surface area contributed by atoms with E-state index in [4.69, 9.17) is 4.42 Å². The number of aromatic nitrogens is 2. The molecule has 0 unspecified atom stereocenters. The first kappa shape index (κ1) is 13.3. The third kappa shape index (κ3) is 2.66. The number of H-pyrrole nitrogens is 1. The van der Waals surface area contributed by atoms with Gasteiger partial charge < -0.3 is 9.40 Å². The Hall–Kier alpha value is -1.11. The fraction of sp³-hybridized carbons (Fsp3) is 0.385. The van der Waals surface area contributed by atoms with Crippen LogP contribution in [0.2, 0.25) is 0 Å². The molecule has 0 aliphatic rings. The molecule has 96 valence electrons. The number of rotatable bonds is 3. The summed E-state index contributed by atoms with van der Waals surface area (Å²) in [5, 5.41) is 0. The molecule has 1 N–H and O–H groups in total. The fourth-order valence-corrected chi connectivity index (χ4v) is 2.26. The summed E-state index contributed by atoms with van der Waals surface area (Å²) in [5.41, 5.74) is 1.61. The summed E-state index contributed by atoms with van der Waals surface area (Å²) in [7, 11) is 0. The predicted molar refractivity (Wildman–Crippen MR) is 78.6 cm³/mol. The Morgan fingerprint density at radius 1 is 1.50 bits per heavy atom. The molecule has 18 heavy (non-hydrogen) atoms. The largest absolute Gasteiger partial charge is 0.469 e. The van der Waals surface area contributed by atoms with Crippen molar-refractivity contribution >= 4 is 22.6 Å². The lowest BCUT2D eigenvalue weighted by Gasteiger charge is -2.08. The minimum atomic E-state index is -0.0862. The minimum absolute atomic E-state index is 0.0862. The van der Waals surface area contributed by atoms with E-state index in [0.29, 0.717) is 15.3 Å². The topological polar surface area (TPSA) is 58.9 Å². The first-order chi connectivity index (χ1) is 8.49. The first-order valence-electron chi connectivity index (χ1n) is 5.82. The van der Waals surface area contributed by atoms with E-state index in [1.807, 2.05) is 13.0 Å². The number of furan rings is 1. The molecule has 2 heterocycles. The van der Waals surface area contributed by atoms with E-state index in [2.05, 4.69) is 46.4 Å². The number of hydrogen-bond acceptors (Lipinski definition) is 3. The van der Waals surface area contributed by atoms with E-state index in [0.717, 1.165) is 23.4 Å². The van der Waals surface area contributed by atoms with Crippen molar-refractivity contribution in [3.63, 3.8) is 0 Å². The SMILES string of the molecule is Cc1occc1-c1nc(CC(C)C)c(I)c(=O)[nH]1. The van der Waals surface area contributed by atoms with Crippen LogP contribution in [-0.2, 0) is 6.42 Å².